The molecule has 2 rings (SSSR count). The van der Waals surface area contributed by atoms with Crippen molar-refractivity contribution in [3.05, 3.63) is 35.4 Å². The first kappa shape index (κ1) is 9.25. The topological polar surface area (TPSA) is 29.0 Å². The zero-order chi connectivity index (χ0) is 10.1. The molecule has 0 bridgehead atoms. The summed E-state index contributed by atoms with van der Waals surface area (Å²) in [5, 5.41) is 0. The van der Waals surface area contributed by atoms with Crippen molar-refractivity contribution < 1.29 is 4.58 Å². The minimum Gasteiger partial charge on any atom is -0.287 e. The van der Waals surface area contributed by atoms with Crippen molar-refractivity contribution in [1.82, 2.24) is 0 Å². The van der Waals surface area contributed by atoms with Gasteiger partial charge in [0.25, 0.3) is 5.84 Å². The van der Waals surface area contributed by atoms with Crippen molar-refractivity contribution in [2.24, 2.45) is 5.73 Å². The van der Waals surface area contributed by atoms with Gasteiger partial charge < -0.3 is 0 Å². The van der Waals surface area contributed by atoms with Crippen LogP contribution in [-0.2, 0) is 6.54 Å². The molecule has 1 aliphatic heterocycles. The molecule has 1 heterocycles. The van der Waals surface area contributed by atoms with E-state index >= 15 is 0 Å². The summed E-state index contributed by atoms with van der Waals surface area (Å²) in [7, 11) is 0. The Bertz CT molecular complexity index is 380. The summed E-state index contributed by atoms with van der Waals surface area (Å²) in [4.78, 5) is 0. The van der Waals surface area contributed by atoms with E-state index in [2.05, 4.69) is 36.6 Å². The van der Waals surface area contributed by atoms with Crippen molar-refractivity contribution in [3.8, 4) is 0 Å². The van der Waals surface area contributed by atoms with Crippen LogP contribution in [0.4, 0.5) is 0 Å². The third-order valence-electron chi connectivity index (χ3n) is 3.07. The van der Waals surface area contributed by atoms with Gasteiger partial charge >= 0.3 is 0 Å². The second-order valence-corrected chi connectivity index (χ2v) is 3.93. The molecule has 2 N–H and O–H groups in total. The van der Waals surface area contributed by atoms with Crippen molar-refractivity contribution in [2.75, 3.05) is 0 Å². The minimum atomic E-state index is 0.530. The number of hydrogen-bond donors (Lipinski definition) is 1. The summed E-state index contributed by atoms with van der Waals surface area (Å²) in [6.07, 6.45) is 1.13. The van der Waals surface area contributed by atoms with Gasteiger partial charge in [-0.1, -0.05) is 25.1 Å². The second-order valence-electron chi connectivity index (χ2n) is 3.93. The van der Waals surface area contributed by atoms with Crippen LogP contribution in [0.3, 0.4) is 0 Å². The maximum atomic E-state index is 6.11. The van der Waals surface area contributed by atoms with E-state index in [4.69, 9.17) is 5.73 Å². The molecule has 1 aromatic carbocycles. The number of hydrogen-bond acceptors (Lipinski definition) is 1. The van der Waals surface area contributed by atoms with E-state index in [9.17, 15) is 0 Å². The van der Waals surface area contributed by atoms with Gasteiger partial charge in [0, 0.05) is 5.56 Å². The zero-order valence-corrected chi connectivity index (χ0v) is 8.83. The third kappa shape index (κ3) is 1.31. The van der Waals surface area contributed by atoms with Crippen LogP contribution in [0.1, 0.15) is 31.4 Å². The summed E-state index contributed by atoms with van der Waals surface area (Å²) in [6.45, 7) is 5.39. The van der Waals surface area contributed by atoms with Crippen molar-refractivity contribution >= 4 is 5.84 Å². The van der Waals surface area contributed by atoms with Gasteiger partial charge in [-0.2, -0.15) is 0 Å². The molecule has 2 nitrogen and oxygen atoms in total. The van der Waals surface area contributed by atoms with E-state index in [-0.39, 0.29) is 0 Å². The molecule has 14 heavy (non-hydrogen) atoms. The summed E-state index contributed by atoms with van der Waals surface area (Å²) in [5.41, 5.74) is 8.68. The molecule has 0 fully saturated rings. The van der Waals surface area contributed by atoms with Gasteiger partial charge in [-0.3, -0.25) is 10.3 Å². The Balaban J connectivity index is 2.39. The molecule has 1 unspecified atom stereocenters. The molecule has 0 aromatic heterocycles. The van der Waals surface area contributed by atoms with E-state index in [1.165, 1.54) is 11.1 Å². The van der Waals surface area contributed by atoms with Crippen LogP contribution in [0.2, 0.25) is 0 Å². The van der Waals surface area contributed by atoms with Crippen LogP contribution in [0, 0.1) is 0 Å². The van der Waals surface area contributed by atoms with E-state index < -0.39 is 0 Å². The third-order valence-corrected chi connectivity index (χ3v) is 3.07. The predicted octanol–water partition coefficient (Wildman–Crippen LogP) is 1.72. The largest absolute Gasteiger partial charge is 0.287 e. The number of fused-ring (bicyclic) bond motifs is 1. The van der Waals surface area contributed by atoms with Gasteiger partial charge in [-0.25, -0.2) is 0 Å². The Morgan fingerprint density at radius 1 is 1.43 bits per heavy atom. The van der Waals surface area contributed by atoms with Crippen molar-refractivity contribution in [1.29, 1.82) is 0 Å². The fourth-order valence-corrected chi connectivity index (χ4v) is 1.95. The predicted molar refractivity (Wildman–Crippen MR) is 58.5 cm³/mol. The van der Waals surface area contributed by atoms with E-state index in [1.54, 1.807) is 0 Å². The number of amidine groups is 1. The van der Waals surface area contributed by atoms with Gasteiger partial charge in [0.2, 0.25) is 0 Å². The molecule has 74 valence electrons. The highest BCUT2D eigenvalue weighted by Crippen LogP contribution is 2.18. The lowest BCUT2D eigenvalue weighted by molar-refractivity contribution is -0.574. The Labute approximate surface area is 85.1 Å². The molecular formula is C12H17N2+. The molecule has 1 aromatic rings. The average molecular weight is 189 g/mol. The fraction of sp³-hybridized carbons (Fsp3) is 0.417. The molecule has 0 radical (unpaired) electrons. The quantitative estimate of drug-likeness (QED) is 0.705. The highest BCUT2D eigenvalue weighted by molar-refractivity contribution is 5.96. The molecule has 0 amide bonds. The average Bonchev–Trinajstić information content (AvgIpc) is 2.56. The van der Waals surface area contributed by atoms with Gasteiger partial charge in [-0.05, 0) is 19.4 Å². The molecule has 1 atom stereocenters. The maximum Gasteiger partial charge on any atom is 0.275 e. The highest BCUT2D eigenvalue weighted by atomic mass is 15.1. The van der Waals surface area contributed by atoms with Crippen LogP contribution in [-0.4, -0.2) is 16.5 Å². The minimum absolute atomic E-state index is 0.530. The van der Waals surface area contributed by atoms with Gasteiger partial charge in [0.1, 0.15) is 6.54 Å². The monoisotopic (exact) mass is 189 g/mol. The Hall–Kier alpha value is -1.31. The van der Waals surface area contributed by atoms with Gasteiger partial charge in [0.15, 0.2) is 0 Å². The number of rotatable bonds is 2. The van der Waals surface area contributed by atoms with E-state index in [1.807, 2.05) is 6.07 Å². The standard InChI is InChI=1S/C12H16N2/c1-3-9(2)14-8-10-6-4-5-7-11(10)12(14)13/h4-7,9,13H,3,8H2,1-2H3/p+1. The molecule has 0 aliphatic carbocycles. The van der Waals surface area contributed by atoms with Crippen molar-refractivity contribution in [3.63, 3.8) is 0 Å². The molecule has 0 saturated heterocycles. The molecule has 2 heteroatoms. The van der Waals surface area contributed by atoms with Gasteiger partial charge in [-0.15, -0.1) is 0 Å². The lowest BCUT2D eigenvalue weighted by atomic mass is 10.1. The summed E-state index contributed by atoms with van der Waals surface area (Å²) in [6, 6.07) is 8.91. The molecule has 0 spiro atoms. The Kier molecular flexibility index (Phi) is 2.28. The zero-order valence-electron chi connectivity index (χ0n) is 8.83. The lowest BCUT2D eigenvalue weighted by Gasteiger charge is -2.09. The number of benzene rings is 1. The van der Waals surface area contributed by atoms with Crippen LogP contribution in [0.25, 0.3) is 0 Å². The SMILES string of the molecule is CCC(C)[N+]1=C(N)c2ccccc2C1. The normalized spacial score (nSPS) is 17.0. The first-order valence-corrected chi connectivity index (χ1v) is 5.21. The van der Waals surface area contributed by atoms with Crippen LogP contribution >= 0.6 is 0 Å². The Morgan fingerprint density at radius 3 is 2.79 bits per heavy atom. The summed E-state index contributed by atoms with van der Waals surface area (Å²) in [5.74, 6) is 0.940. The molecule has 1 aliphatic rings. The van der Waals surface area contributed by atoms with Crippen LogP contribution in [0.5, 0.6) is 0 Å². The smallest absolute Gasteiger partial charge is 0.275 e. The van der Waals surface area contributed by atoms with Crippen LogP contribution < -0.4 is 5.73 Å². The summed E-state index contributed by atoms with van der Waals surface area (Å²) >= 11 is 0. The highest BCUT2D eigenvalue weighted by Gasteiger charge is 2.26. The number of nitrogens with zero attached hydrogens (tertiary/aromatic N) is 1. The molecular weight excluding hydrogens is 172 g/mol. The summed E-state index contributed by atoms with van der Waals surface area (Å²) < 4.78 is 2.28. The maximum absolute atomic E-state index is 6.11. The molecule has 0 saturated carbocycles. The Morgan fingerprint density at radius 2 is 2.14 bits per heavy atom. The van der Waals surface area contributed by atoms with Crippen molar-refractivity contribution in [2.45, 2.75) is 32.9 Å². The van der Waals surface area contributed by atoms with E-state index in [0.29, 0.717) is 6.04 Å². The number of nitrogens with two attached hydrogens (primary N) is 1. The van der Waals surface area contributed by atoms with E-state index in [0.717, 1.165) is 18.8 Å². The first-order chi connectivity index (χ1) is 6.74. The van der Waals surface area contributed by atoms with Crippen LogP contribution in [0.15, 0.2) is 24.3 Å². The second kappa shape index (κ2) is 3.45. The van der Waals surface area contributed by atoms with Gasteiger partial charge in [0.05, 0.1) is 11.6 Å². The first-order valence-electron chi connectivity index (χ1n) is 5.21. The fourth-order valence-electron chi connectivity index (χ4n) is 1.95. The lowest BCUT2D eigenvalue weighted by Crippen LogP contribution is -2.29.